The van der Waals surface area contributed by atoms with Gasteiger partial charge in [0.2, 0.25) is 29.5 Å². The summed E-state index contributed by atoms with van der Waals surface area (Å²) in [6.07, 6.45) is -1.12. The highest BCUT2D eigenvalue weighted by atomic mass is 28.4. The van der Waals surface area contributed by atoms with Crippen LogP contribution in [0.15, 0.2) is 0 Å². The second-order valence-corrected chi connectivity index (χ2v) is 21.4. The van der Waals surface area contributed by atoms with E-state index in [1.165, 1.54) is 19.0 Å². The van der Waals surface area contributed by atoms with Crippen LogP contribution in [0.1, 0.15) is 85.5 Å². The summed E-state index contributed by atoms with van der Waals surface area (Å²) in [5, 5.41) is 47.0. The molecule has 0 fully saturated rings. The highest BCUT2D eigenvalue weighted by Gasteiger charge is 2.33. The smallest absolute Gasteiger partial charge is 0.481 e. The molecule has 28 heteroatoms. The van der Waals surface area contributed by atoms with Crippen molar-refractivity contribution in [1.82, 2.24) is 16.4 Å². The molecular formula is C38H75N5O21Si2. The lowest BCUT2D eigenvalue weighted by molar-refractivity contribution is -0.145. The molecule has 26 nitrogen and oxygen atoms in total. The van der Waals surface area contributed by atoms with Crippen LogP contribution in [0, 0.1) is 41.4 Å². The molecule has 5 amide bonds. The number of rotatable bonds is 37. The molecule has 17 N–H and O–H groups in total. The van der Waals surface area contributed by atoms with Gasteiger partial charge >= 0.3 is 29.3 Å². The van der Waals surface area contributed by atoms with Crippen LogP contribution in [0.2, 0.25) is 18.6 Å². The van der Waals surface area contributed by atoms with Gasteiger partial charge in [0.1, 0.15) is 25.4 Å². The summed E-state index contributed by atoms with van der Waals surface area (Å²) >= 11 is 0. The Labute approximate surface area is 385 Å². The van der Waals surface area contributed by atoms with Gasteiger partial charge in [0.05, 0.1) is 25.0 Å². The standard InChI is InChI=1S/C21H41N3O11Si.C17H34N2O10Si/c1-4-14(21(29)30)9-15(18(22)26)10-16(20(28)23-31)8-13(2)19(27)24-35-12-17(25)11-34-6-5-7-36(3,32)33;1-3-12(17(23)24)8-13(15(18)21)7-11(2)16(22)19-29-10-14(20)9-28-5-4-6-30(25,26)27/h13-17,25,31-33H,4-12H2,1-3H3,(H2,22,26)(H,23,28)(H,24,27)(H,29,30);11-14,20,25-27H,3-10H2,1-2H3,(H2,18,21)(H,19,22)(H,23,24). The largest absolute Gasteiger partial charge is 0.492 e. The highest BCUT2D eigenvalue weighted by molar-refractivity contribution is 6.63. The maximum atomic E-state index is 12.3. The molecule has 66 heavy (non-hydrogen) atoms. The van der Waals surface area contributed by atoms with E-state index in [4.69, 9.17) is 55.3 Å². The van der Waals surface area contributed by atoms with Gasteiger partial charge in [0, 0.05) is 48.8 Å². The van der Waals surface area contributed by atoms with E-state index in [-0.39, 0.29) is 96.7 Å². The highest BCUT2D eigenvalue weighted by Crippen LogP contribution is 2.27. The molecule has 0 aromatic carbocycles. The Bertz CT molecular complexity index is 1460. The van der Waals surface area contributed by atoms with Crippen molar-refractivity contribution in [2.75, 3.05) is 39.6 Å². The van der Waals surface area contributed by atoms with Crippen LogP contribution in [-0.4, -0.2) is 160 Å². The third-order valence-corrected chi connectivity index (χ3v) is 12.4. The number of nitrogens with one attached hydrogen (secondary N) is 3. The average Bonchev–Trinajstić information content (AvgIpc) is 3.21. The molecule has 0 aliphatic heterocycles. The lowest BCUT2D eigenvalue weighted by atomic mass is 9.82. The lowest BCUT2D eigenvalue weighted by Gasteiger charge is -2.24. The Balaban J connectivity index is 0. The van der Waals surface area contributed by atoms with E-state index < -0.39 is 112 Å². The molecule has 0 aliphatic rings. The number of carbonyl (C=O) groups excluding carboxylic acids is 5. The van der Waals surface area contributed by atoms with E-state index in [9.17, 15) is 58.5 Å². The third-order valence-electron chi connectivity index (χ3n) is 10.1. The summed E-state index contributed by atoms with van der Waals surface area (Å²) in [4.78, 5) is 138. The van der Waals surface area contributed by atoms with Crippen molar-refractivity contribution < 1.29 is 102 Å². The molecule has 0 aromatic rings. The number of primary amides is 2. The van der Waals surface area contributed by atoms with Gasteiger partial charge in [-0.05, 0) is 70.4 Å². The number of aliphatic hydroxyl groups excluding tert-OH is 2. The van der Waals surface area contributed by atoms with Crippen molar-refractivity contribution >= 4 is 58.8 Å². The van der Waals surface area contributed by atoms with Gasteiger partial charge in [0.25, 0.3) is 0 Å². The van der Waals surface area contributed by atoms with Gasteiger partial charge in [-0.25, -0.2) is 16.4 Å². The van der Waals surface area contributed by atoms with Gasteiger partial charge in [-0.1, -0.05) is 27.7 Å². The summed E-state index contributed by atoms with van der Waals surface area (Å²) in [6.45, 7) is 7.29. The molecule has 0 aliphatic carbocycles. The lowest BCUT2D eigenvalue weighted by Crippen LogP contribution is -2.38. The van der Waals surface area contributed by atoms with E-state index >= 15 is 0 Å². The number of ether oxygens (including phenoxy) is 2. The summed E-state index contributed by atoms with van der Waals surface area (Å²) < 4.78 is 10.3. The van der Waals surface area contributed by atoms with Crippen molar-refractivity contribution in [1.29, 1.82) is 0 Å². The number of carboxylic acid groups (broad SMARTS) is 2. The quantitative estimate of drug-likeness (QED) is 0.0131. The van der Waals surface area contributed by atoms with Crippen molar-refractivity contribution in [3.05, 3.63) is 0 Å². The summed E-state index contributed by atoms with van der Waals surface area (Å²) in [6, 6.07) is 0.0626. The first-order chi connectivity index (χ1) is 30.6. The zero-order valence-corrected chi connectivity index (χ0v) is 40.3. The molecule has 0 saturated carbocycles. The van der Waals surface area contributed by atoms with Crippen LogP contribution in [0.5, 0.6) is 0 Å². The number of hydrogen-bond donors (Lipinski definition) is 15. The van der Waals surface area contributed by atoms with Gasteiger partial charge < -0.3 is 65.3 Å². The number of hydroxylamine groups is 3. The Kier molecular flexibility index (Phi) is 33.6. The summed E-state index contributed by atoms with van der Waals surface area (Å²) in [5.74, 6) is -11.4. The van der Waals surface area contributed by atoms with Crippen LogP contribution in [0.3, 0.4) is 0 Å². The predicted octanol–water partition coefficient (Wildman–Crippen LogP) is -2.66. The van der Waals surface area contributed by atoms with Crippen molar-refractivity contribution in [3.8, 4) is 0 Å². The second kappa shape index (κ2) is 34.5. The minimum atomic E-state index is -4.09. The fourth-order valence-electron chi connectivity index (χ4n) is 6.12. The van der Waals surface area contributed by atoms with E-state index in [0.717, 1.165) is 0 Å². The minimum Gasteiger partial charge on any atom is -0.481 e. The van der Waals surface area contributed by atoms with E-state index in [2.05, 4.69) is 11.0 Å². The SMILES string of the molecule is CCC(CC(CC(C)C(=O)NOCC(O)COCCC[Si](O)(O)O)C(N)=O)C(=O)O.CCC(CC(CC(CC(C)C(=O)NOCC(O)COCCC[Si](C)(O)O)C(=O)NO)C(N)=O)C(=O)O. The third kappa shape index (κ3) is 32.8. The number of amides is 5. The van der Waals surface area contributed by atoms with Crippen LogP contribution >= 0.6 is 0 Å². The number of aliphatic hydroxyl groups is 2. The van der Waals surface area contributed by atoms with Crippen molar-refractivity contribution in [3.63, 3.8) is 0 Å². The number of carbonyl (C=O) groups is 7. The molecule has 386 valence electrons. The Hall–Kier alpha value is -3.76. The molecule has 9 unspecified atom stereocenters. The fourth-order valence-corrected chi connectivity index (χ4v) is 7.55. The van der Waals surface area contributed by atoms with Crippen molar-refractivity contribution in [2.45, 2.75) is 116 Å². The first kappa shape index (κ1) is 64.3. The van der Waals surface area contributed by atoms with E-state index in [1.807, 2.05) is 0 Å². The number of hydrogen-bond acceptors (Lipinski definition) is 19. The monoisotopic (exact) mass is 993 g/mol. The van der Waals surface area contributed by atoms with Gasteiger partial charge in [-0.15, -0.1) is 0 Å². The fraction of sp³-hybridized carbons (Fsp3) is 0.816. The van der Waals surface area contributed by atoms with Crippen LogP contribution in [-0.2, 0) is 52.7 Å². The van der Waals surface area contributed by atoms with Crippen molar-refractivity contribution in [2.24, 2.45) is 52.9 Å². The van der Waals surface area contributed by atoms with Gasteiger partial charge in [-0.3, -0.25) is 48.4 Å². The summed E-state index contributed by atoms with van der Waals surface area (Å²) in [7, 11) is -7.22. The maximum absolute atomic E-state index is 12.3. The normalized spacial score (nSPS) is 15.8. The van der Waals surface area contributed by atoms with Gasteiger partial charge in [-0.2, -0.15) is 0 Å². The average molecular weight is 994 g/mol. The zero-order valence-electron chi connectivity index (χ0n) is 38.3. The molecule has 0 saturated heterocycles. The summed E-state index contributed by atoms with van der Waals surface area (Å²) in [5.41, 5.74) is 16.5. The first-order valence-corrected chi connectivity index (χ1v) is 26.2. The molecule has 0 rings (SSSR count). The maximum Gasteiger partial charge on any atom is 0.492 e. The van der Waals surface area contributed by atoms with Crippen LogP contribution < -0.4 is 27.9 Å². The topological polar surface area (TPSA) is 447 Å². The number of aliphatic carboxylic acids is 2. The van der Waals surface area contributed by atoms with E-state index in [0.29, 0.717) is 12.8 Å². The van der Waals surface area contributed by atoms with Crippen LogP contribution in [0.4, 0.5) is 0 Å². The number of carboxylic acids is 2. The Morgan fingerprint density at radius 3 is 1.26 bits per heavy atom. The molecule has 0 radical (unpaired) electrons. The van der Waals surface area contributed by atoms with Gasteiger partial charge in [0.15, 0.2) is 0 Å². The minimum absolute atomic E-state index is 0.0438. The number of nitrogens with two attached hydrogens (primary N) is 2. The van der Waals surface area contributed by atoms with E-state index in [1.54, 1.807) is 20.8 Å². The molecule has 0 spiro atoms. The Morgan fingerprint density at radius 2 is 0.924 bits per heavy atom. The molecule has 9 atom stereocenters. The molecular weight excluding hydrogens is 919 g/mol. The second-order valence-electron chi connectivity index (χ2n) is 16.4. The molecule has 0 aromatic heterocycles. The zero-order chi connectivity index (χ0) is 51.2. The van der Waals surface area contributed by atoms with Crippen LogP contribution in [0.25, 0.3) is 0 Å². The molecule has 0 heterocycles. The Morgan fingerprint density at radius 1 is 0.561 bits per heavy atom. The first-order valence-electron chi connectivity index (χ1n) is 21.5. The predicted molar refractivity (Wildman–Crippen MR) is 232 cm³/mol. The molecule has 0 bridgehead atoms.